The second-order valence-electron chi connectivity index (χ2n) is 2.77. The Kier molecular flexibility index (Phi) is 5.37. The zero-order valence-electron chi connectivity index (χ0n) is 7.54. The first-order valence-corrected chi connectivity index (χ1v) is 4.01. The summed E-state index contributed by atoms with van der Waals surface area (Å²) >= 11 is 0. The highest BCUT2D eigenvalue weighted by Gasteiger charge is 2.09. The van der Waals surface area contributed by atoms with Crippen molar-refractivity contribution in [1.82, 2.24) is 5.32 Å². The minimum Gasteiger partial charge on any atom is -0.481 e. The maximum atomic E-state index is 11.0. The Morgan fingerprint density at radius 1 is 1.62 bits per heavy atom. The lowest BCUT2D eigenvalue weighted by Crippen LogP contribution is -2.33. The van der Waals surface area contributed by atoms with E-state index in [1.807, 2.05) is 0 Å². The zero-order valence-corrected chi connectivity index (χ0v) is 7.54. The highest BCUT2D eigenvalue weighted by atomic mass is 16.4. The normalized spacial score (nSPS) is 11.4. The molecule has 2 N–H and O–H groups in total. The van der Waals surface area contributed by atoms with Crippen LogP contribution >= 0.6 is 0 Å². The Morgan fingerprint density at radius 2 is 2.23 bits per heavy atom. The Labute approximate surface area is 77.3 Å². The maximum Gasteiger partial charge on any atom is 0.305 e. The van der Waals surface area contributed by atoms with Crippen LogP contribution in [0.5, 0.6) is 0 Å². The van der Waals surface area contributed by atoms with Gasteiger partial charge in [-0.3, -0.25) is 9.59 Å². The minimum atomic E-state index is -0.926. The van der Waals surface area contributed by atoms with E-state index in [1.54, 1.807) is 6.92 Å². The third-order valence-electron chi connectivity index (χ3n) is 1.38. The minimum absolute atomic E-state index is 0.0677. The van der Waals surface area contributed by atoms with Gasteiger partial charge >= 0.3 is 5.97 Å². The summed E-state index contributed by atoms with van der Waals surface area (Å²) in [4.78, 5) is 21.2. The molecule has 0 aliphatic heterocycles. The van der Waals surface area contributed by atoms with E-state index in [1.165, 1.54) is 0 Å². The number of carboxylic acid groups (broad SMARTS) is 1. The highest BCUT2D eigenvalue weighted by Crippen LogP contribution is 1.93. The molecule has 4 heteroatoms. The quantitative estimate of drug-likeness (QED) is 0.605. The van der Waals surface area contributed by atoms with Gasteiger partial charge in [-0.2, -0.15) is 0 Å². The summed E-state index contributed by atoms with van der Waals surface area (Å²) in [5.74, 6) is 1.21. The lowest BCUT2D eigenvalue weighted by molar-refractivity contribution is -0.137. The number of amides is 1. The fourth-order valence-corrected chi connectivity index (χ4v) is 0.846. The summed E-state index contributed by atoms with van der Waals surface area (Å²) in [6.07, 6.45) is 5.53. The van der Waals surface area contributed by atoms with Gasteiger partial charge in [0.1, 0.15) is 0 Å². The van der Waals surface area contributed by atoms with Crippen molar-refractivity contribution in [2.24, 2.45) is 0 Å². The summed E-state index contributed by atoms with van der Waals surface area (Å²) in [5.41, 5.74) is 0. The predicted molar refractivity (Wildman–Crippen MR) is 47.9 cm³/mol. The van der Waals surface area contributed by atoms with Crippen molar-refractivity contribution >= 4 is 11.9 Å². The molecule has 1 amide bonds. The number of hydrogen-bond acceptors (Lipinski definition) is 2. The number of hydrogen-bond donors (Lipinski definition) is 2. The van der Waals surface area contributed by atoms with E-state index >= 15 is 0 Å². The van der Waals surface area contributed by atoms with Crippen molar-refractivity contribution in [1.29, 1.82) is 0 Å². The average molecular weight is 183 g/mol. The molecule has 13 heavy (non-hydrogen) atoms. The van der Waals surface area contributed by atoms with E-state index in [9.17, 15) is 9.59 Å². The first-order chi connectivity index (χ1) is 6.06. The molecule has 1 unspecified atom stereocenters. The number of rotatable bonds is 5. The molecule has 0 aromatic rings. The van der Waals surface area contributed by atoms with Gasteiger partial charge in [0.2, 0.25) is 5.91 Å². The van der Waals surface area contributed by atoms with Crippen molar-refractivity contribution in [3.05, 3.63) is 0 Å². The molecule has 0 aromatic carbocycles. The fraction of sp³-hybridized carbons (Fsp3) is 0.556. The number of terminal acetylenes is 1. The van der Waals surface area contributed by atoms with Crippen molar-refractivity contribution < 1.29 is 14.7 Å². The highest BCUT2D eigenvalue weighted by molar-refractivity contribution is 5.77. The number of aliphatic carboxylic acids is 1. The summed E-state index contributed by atoms with van der Waals surface area (Å²) < 4.78 is 0. The fourth-order valence-electron chi connectivity index (χ4n) is 0.846. The van der Waals surface area contributed by atoms with Crippen LogP contribution in [0.25, 0.3) is 0 Å². The molecule has 0 aliphatic rings. The zero-order chi connectivity index (χ0) is 10.3. The molecule has 0 spiro atoms. The van der Waals surface area contributed by atoms with Gasteiger partial charge in [-0.25, -0.2) is 0 Å². The van der Waals surface area contributed by atoms with Gasteiger partial charge < -0.3 is 10.4 Å². The van der Waals surface area contributed by atoms with Crippen LogP contribution in [-0.4, -0.2) is 23.0 Å². The van der Waals surface area contributed by atoms with Gasteiger partial charge in [0, 0.05) is 18.9 Å². The molecule has 0 heterocycles. The van der Waals surface area contributed by atoms with Crippen LogP contribution < -0.4 is 5.32 Å². The molecule has 72 valence electrons. The Bertz CT molecular complexity index is 230. The number of carbonyl (C=O) groups excluding carboxylic acids is 1. The van der Waals surface area contributed by atoms with E-state index in [2.05, 4.69) is 11.2 Å². The molecule has 0 bridgehead atoms. The molecular formula is C9H13NO3. The average Bonchev–Trinajstić information content (AvgIpc) is 1.98. The maximum absolute atomic E-state index is 11.0. The van der Waals surface area contributed by atoms with Gasteiger partial charge in [0.15, 0.2) is 0 Å². The van der Waals surface area contributed by atoms with Gasteiger partial charge in [0.05, 0.1) is 6.42 Å². The monoisotopic (exact) mass is 183 g/mol. The van der Waals surface area contributed by atoms with E-state index in [0.29, 0.717) is 6.42 Å². The molecule has 1 atom stereocenters. The molecule has 0 radical (unpaired) electrons. The van der Waals surface area contributed by atoms with E-state index in [4.69, 9.17) is 11.5 Å². The van der Waals surface area contributed by atoms with Gasteiger partial charge in [-0.15, -0.1) is 12.3 Å². The van der Waals surface area contributed by atoms with Crippen molar-refractivity contribution in [3.63, 3.8) is 0 Å². The smallest absolute Gasteiger partial charge is 0.305 e. The molecule has 0 aromatic heterocycles. The third-order valence-corrected chi connectivity index (χ3v) is 1.38. The van der Waals surface area contributed by atoms with Crippen molar-refractivity contribution in [3.8, 4) is 12.3 Å². The van der Waals surface area contributed by atoms with E-state index in [0.717, 1.165) is 0 Å². The lowest BCUT2D eigenvalue weighted by Gasteiger charge is -2.10. The summed E-state index contributed by atoms with van der Waals surface area (Å²) in [5, 5.41) is 10.9. The molecule has 0 fully saturated rings. The second kappa shape index (κ2) is 6.06. The third kappa shape index (κ3) is 6.88. The molecule has 0 rings (SSSR count). The van der Waals surface area contributed by atoms with Crippen LogP contribution in [-0.2, 0) is 9.59 Å². The van der Waals surface area contributed by atoms with Crippen LogP contribution in [0.1, 0.15) is 26.2 Å². The second-order valence-corrected chi connectivity index (χ2v) is 2.77. The van der Waals surface area contributed by atoms with E-state index in [-0.39, 0.29) is 24.8 Å². The van der Waals surface area contributed by atoms with Crippen LogP contribution in [0.3, 0.4) is 0 Å². The SMILES string of the molecule is C#CCCC(=O)NC(C)CC(=O)O. The summed E-state index contributed by atoms with van der Waals surface area (Å²) in [6.45, 7) is 1.64. The van der Waals surface area contributed by atoms with Crippen molar-refractivity contribution in [2.75, 3.05) is 0 Å². The van der Waals surface area contributed by atoms with Crippen LogP contribution in [0, 0.1) is 12.3 Å². The van der Waals surface area contributed by atoms with Gasteiger partial charge in [-0.1, -0.05) is 0 Å². The van der Waals surface area contributed by atoms with Crippen LogP contribution in [0.4, 0.5) is 0 Å². The number of carbonyl (C=O) groups is 2. The topological polar surface area (TPSA) is 66.4 Å². The summed E-state index contributed by atoms with van der Waals surface area (Å²) in [7, 11) is 0. The Morgan fingerprint density at radius 3 is 2.69 bits per heavy atom. The lowest BCUT2D eigenvalue weighted by atomic mass is 10.2. The standard InChI is InChI=1S/C9H13NO3/c1-3-4-5-8(11)10-7(2)6-9(12)13/h1,7H,4-6H2,2H3,(H,10,11)(H,12,13). The van der Waals surface area contributed by atoms with Crippen LogP contribution in [0.15, 0.2) is 0 Å². The van der Waals surface area contributed by atoms with Gasteiger partial charge in [0.25, 0.3) is 0 Å². The first-order valence-electron chi connectivity index (χ1n) is 4.01. The largest absolute Gasteiger partial charge is 0.481 e. The van der Waals surface area contributed by atoms with E-state index < -0.39 is 5.97 Å². The van der Waals surface area contributed by atoms with Gasteiger partial charge in [-0.05, 0) is 6.92 Å². The summed E-state index contributed by atoms with van der Waals surface area (Å²) in [6, 6.07) is -0.345. The first kappa shape index (κ1) is 11.5. The molecule has 0 aliphatic carbocycles. The van der Waals surface area contributed by atoms with Crippen LogP contribution in [0.2, 0.25) is 0 Å². The Hall–Kier alpha value is -1.50. The number of nitrogens with one attached hydrogen (secondary N) is 1. The van der Waals surface area contributed by atoms with Crippen molar-refractivity contribution in [2.45, 2.75) is 32.2 Å². The molecule has 4 nitrogen and oxygen atoms in total. The molecular weight excluding hydrogens is 170 g/mol. The Balaban J connectivity index is 3.66. The number of carboxylic acids is 1. The molecule has 0 saturated carbocycles. The molecule has 0 saturated heterocycles. The predicted octanol–water partition coefficient (Wildman–Crippen LogP) is 0.379.